The fourth-order valence-corrected chi connectivity index (χ4v) is 2.46. The minimum Gasteiger partial charge on any atom is -0.388 e. The van der Waals surface area contributed by atoms with Gasteiger partial charge in [0.25, 0.3) is 0 Å². The van der Waals surface area contributed by atoms with Crippen LogP contribution in [0.15, 0.2) is 18.2 Å². The molecule has 0 amide bonds. The third kappa shape index (κ3) is 3.85. The molecule has 0 bridgehead atoms. The zero-order chi connectivity index (χ0) is 12.8. The first kappa shape index (κ1) is 14.2. The quantitative estimate of drug-likeness (QED) is 0.765. The maximum absolute atomic E-state index is 10.5. The molecular weight excluding hydrogens is 208 g/mol. The highest BCUT2D eigenvalue weighted by Crippen LogP contribution is 2.30. The van der Waals surface area contributed by atoms with Gasteiger partial charge in [-0.3, -0.25) is 0 Å². The van der Waals surface area contributed by atoms with Gasteiger partial charge in [0.1, 0.15) is 0 Å². The number of hydrogen-bond acceptors (Lipinski definition) is 1. The first-order valence-corrected chi connectivity index (χ1v) is 6.85. The molecule has 1 rings (SSSR count). The average Bonchev–Trinajstić information content (AvgIpc) is 2.29. The second-order valence-electron chi connectivity index (χ2n) is 5.12. The molecule has 0 heterocycles. The van der Waals surface area contributed by atoms with E-state index in [2.05, 4.69) is 45.9 Å². The van der Waals surface area contributed by atoms with Gasteiger partial charge in [-0.05, 0) is 37.3 Å². The molecule has 0 aliphatic rings. The smallest absolute Gasteiger partial charge is 0.0820 e. The van der Waals surface area contributed by atoms with Gasteiger partial charge in [-0.15, -0.1) is 0 Å². The second-order valence-corrected chi connectivity index (χ2v) is 5.12. The van der Waals surface area contributed by atoms with Crippen molar-refractivity contribution in [1.29, 1.82) is 0 Å². The highest BCUT2D eigenvalue weighted by Gasteiger charge is 2.20. The summed E-state index contributed by atoms with van der Waals surface area (Å²) in [5.41, 5.74) is 3.59. The van der Waals surface area contributed by atoms with E-state index >= 15 is 0 Å². The summed E-state index contributed by atoms with van der Waals surface area (Å²) in [5.74, 6) is 0.399. The van der Waals surface area contributed by atoms with E-state index in [0.717, 1.165) is 18.4 Å². The Hall–Kier alpha value is -0.820. The summed E-state index contributed by atoms with van der Waals surface area (Å²) in [6.07, 6.45) is 4.29. The van der Waals surface area contributed by atoms with Crippen molar-refractivity contribution in [2.24, 2.45) is 5.92 Å². The monoisotopic (exact) mass is 234 g/mol. The summed E-state index contributed by atoms with van der Waals surface area (Å²) in [6.45, 7) is 8.57. The van der Waals surface area contributed by atoms with Gasteiger partial charge >= 0.3 is 0 Å². The van der Waals surface area contributed by atoms with Crippen molar-refractivity contribution >= 4 is 0 Å². The van der Waals surface area contributed by atoms with E-state index in [9.17, 15) is 5.11 Å². The van der Waals surface area contributed by atoms with Crippen LogP contribution in [0.4, 0.5) is 0 Å². The zero-order valence-electron chi connectivity index (χ0n) is 11.7. The lowest BCUT2D eigenvalue weighted by molar-refractivity contribution is 0.0983. The first-order valence-electron chi connectivity index (χ1n) is 6.85. The summed E-state index contributed by atoms with van der Waals surface area (Å²) >= 11 is 0. The lowest BCUT2D eigenvalue weighted by atomic mass is 9.87. The molecule has 1 nitrogen and oxygen atoms in total. The number of benzene rings is 1. The highest BCUT2D eigenvalue weighted by atomic mass is 16.3. The fraction of sp³-hybridized carbons (Fsp3) is 0.625. The van der Waals surface area contributed by atoms with E-state index in [1.165, 1.54) is 24.0 Å². The summed E-state index contributed by atoms with van der Waals surface area (Å²) in [6, 6.07) is 6.34. The summed E-state index contributed by atoms with van der Waals surface area (Å²) in [7, 11) is 0. The highest BCUT2D eigenvalue weighted by molar-refractivity contribution is 5.32. The third-order valence-corrected chi connectivity index (χ3v) is 3.64. The van der Waals surface area contributed by atoms with Crippen LogP contribution in [0.25, 0.3) is 0 Å². The number of aryl methyl sites for hydroxylation is 2. The Morgan fingerprint density at radius 2 is 1.88 bits per heavy atom. The van der Waals surface area contributed by atoms with Crippen molar-refractivity contribution in [1.82, 2.24) is 0 Å². The molecule has 0 aliphatic carbocycles. The van der Waals surface area contributed by atoms with Crippen LogP contribution in [0.3, 0.4) is 0 Å². The number of aliphatic hydroxyl groups is 1. The molecule has 0 aromatic heterocycles. The Morgan fingerprint density at radius 1 is 1.18 bits per heavy atom. The van der Waals surface area contributed by atoms with E-state index in [4.69, 9.17) is 0 Å². The van der Waals surface area contributed by atoms with Crippen molar-refractivity contribution in [3.05, 3.63) is 34.9 Å². The van der Waals surface area contributed by atoms with E-state index in [0.29, 0.717) is 5.92 Å². The Bertz CT molecular complexity index is 343. The molecule has 2 unspecified atom stereocenters. The first-order chi connectivity index (χ1) is 8.10. The number of unbranched alkanes of at least 4 members (excludes halogenated alkanes) is 1. The van der Waals surface area contributed by atoms with Crippen LogP contribution < -0.4 is 0 Å². The predicted molar refractivity (Wildman–Crippen MR) is 74.2 cm³/mol. The molecule has 0 saturated heterocycles. The maximum Gasteiger partial charge on any atom is 0.0820 e. The van der Waals surface area contributed by atoms with Crippen molar-refractivity contribution < 1.29 is 5.11 Å². The Morgan fingerprint density at radius 3 is 2.41 bits per heavy atom. The van der Waals surface area contributed by atoms with Crippen LogP contribution in [-0.2, 0) is 0 Å². The maximum atomic E-state index is 10.5. The predicted octanol–water partition coefficient (Wildman–Crippen LogP) is 4.55. The zero-order valence-corrected chi connectivity index (χ0v) is 11.7. The Labute approximate surface area is 106 Å². The van der Waals surface area contributed by atoms with Crippen molar-refractivity contribution in [3.8, 4) is 0 Å². The molecular formula is C16H26O. The summed E-state index contributed by atoms with van der Waals surface area (Å²) in [5, 5.41) is 10.5. The van der Waals surface area contributed by atoms with Gasteiger partial charge in [-0.1, -0.05) is 56.9 Å². The lowest BCUT2D eigenvalue weighted by Crippen LogP contribution is -2.13. The van der Waals surface area contributed by atoms with Gasteiger partial charge < -0.3 is 5.11 Å². The van der Waals surface area contributed by atoms with Gasteiger partial charge in [0, 0.05) is 0 Å². The minimum atomic E-state index is -0.299. The normalized spacial score (nSPS) is 14.6. The Balaban J connectivity index is 2.81. The van der Waals surface area contributed by atoms with Crippen LogP contribution in [0.1, 0.15) is 62.3 Å². The SMILES string of the molecule is CCCCC(CC)C(O)c1ccc(C)cc1C. The molecule has 0 saturated carbocycles. The summed E-state index contributed by atoms with van der Waals surface area (Å²) in [4.78, 5) is 0. The van der Waals surface area contributed by atoms with Crippen LogP contribution in [0.2, 0.25) is 0 Å². The number of hydrogen-bond donors (Lipinski definition) is 1. The topological polar surface area (TPSA) is 20.2 Å². The molecule has 0 spiro atoms. The molecule has 0 radical (unpaired) electrons. The number of rotatable bonds is 6. The number of aliphatic hydroxyl groups excluding tert-OH is 1. The van der Waals surface area contributed by atoms with E-state index in [-0.39, 0.29) is 6.10 Å². The van der Waals surface area contributed by atoms with Crippen LogP contribution in [0, 0.1) is 19.8 Å². The minimum absolute atomic E-state index is 0.299. The molecule has 2 atom stereocenters. The van der Waals surface area contributed by atoms with Gasteiger partial charge in [0.2, 0.25) is 0 Å². The van der Waals surface area contributed by atoms with Gasteiger partial charge in [0.05, 0.1) is 6.10 Å². The molecule has 96 valence electrons. The van der Waals surface area contributed by atoms with Crippen molar-refractivity contribution in [3.63, 3.8) is 0 Å². The molecule has 1 aromatic carbocycles. The van der Waals surface area contributed by atoms with Gasteiger partial charge in [-0.2, -0.15) is 0 Å². The van der Waals surface area contributed by atoms with Crippen LogP contribution >= 0.6 is 0 Å². The van der Waals surface area contributed by atoms with E-state index in [1.54, 1.807) is 0 Å². The van der Waals surface area contributed by atoms with Crippen molar-refractivity contribution in [2.75, 3.05) is 0 Å². The molecule has 0 aliphatic heterocycles. The molecule has 0 fully saturated rings. The van der Waals surface area contributed by atoms with Crippen LogP contribution in [0.5, 0.6) is 0 Å². The van der Waals surface area contributed by atoms with Gasteiger partial charge in [0.15, 0.2) is 0 Å². The fourth-order valence-electron chi connectivity index (χ4n) is 2.46. The summed E-state index contributed by atoms with van der Waals surface area (Å²) < 4.78 is 0. The van der Waals surface area contributed by atoms with E-state index in [1.807, 2.05) is 0 Å². The molecule has 17 heavy (non-hydrogen) atoms. The lowest BCUT2D eigenvalue weighted by Gasteiger charge is -2.23. The standard InChI is InChI=1S/C16H26O/c1-5-7-8-14(6-2)16(17)15-10-9-12(3)11-13(15)4/h9-11,14,16-17H,5-8H2,1-4H3. The molecule has 1 heteroatoms. The average molecular weight is 234 g/mol. The third-order valence-electron chi connectivity index (χ3n) is 3.64. The largest absolute Gasteiger partial charge is 0.388 e. The Kier molecular flexibility index (Phi) is 5.70. The van der Waals surface area contributed by atoms with Gasteiger partial charge in [-0.25, -0.2) is 0 Å². The molecule has 1 aromatic rings. The van der Waals surface area contributed by atoms with Crippen molar-refractivity contribution in [2.45, 2.75) is 59.5 Å². The van der Waals surface area contributed by atoms with Crippen LogP contribution in [-0.4, -0.2) is 5.11 Å². The second kappa shape index (κ2) is 6.80. The molecule has 1 N–H and O–H groups in total. The van der Waals surface area contributed by atoms with E-state index < -0.39 is 0 Å².